The van der Waals surface area contributed by atoms with Gasteiger partial charge in [0.1, 0.15) is 0 Å². The molecule has 11 atom stereocenters. The van der Waals surface area contributed by atoms with Gasteiger partial charge in [-0.2, -0.15) is 0 Å². The molecule has 2 heteroatoms. The quantitative estimate of drug-likeness (QED) is 0.644. The average molecular weight is 232 g/mol. The number of rotatable bonds is 0. The highest BCUT2D eigenvalue weighted by Gasteiger charge is 2.73. The van der Waals surface area contributed by atoms with Crippen LogP contribution in [-0.4, -0.2) is 23.4 Å². The standard InChI is InChI=1S/C15H20O2/c16-11-2-5-1-6(11)7-3-8-9-4-10(13(8)12(5)7)15-14(9)17-15/h5-16H,1-4H2/t5-,6?,7?,8?,9?,10?,11?,12?,13?,14?,15?/m1/s1. The molecule has 0 spiro atoms. The zero-order chi connectivity index (χ0) is 10.9. The number of epoxide rings is 1. The van der Waals surface area contributed by atoms with Gasteiger partial charge in [-0.05, 0) is 73.0 Å². The molecular weight excluding hydrogens is 212 g/mol. The van der Waals surface area contributed by atoms with E-state index >= 15 is 0 Å². The third-order valence-corrected chi connectivity index (χ3v) is 7.68. The van der Waals surface area contributed by atoms with E-state index in [1.54, 1.807) is 0 Å². The summed E-state index contributed by atoms with van der Waals surface area (Å²) in [5.41, 5.74) is 0. The van der Waals surface area contributed by atoms with Gasteiger partial charge < -0.3 is 9.84 Å². The number of hydrogen-bond acceptors (Lipinski definition) is 2. The number of ether oxygens (including phenoxy) is 1. The van der Waals surface area contributed by atoms with Crippen molar-refractivity contribution in [3.05, 3.63) is 0 Å². The fraction of sp³-hybridized carbons (Fsp3) is 1.00. The summed E-state index contributed by atoms with van der Waals surface area (Å²) in [6.07, 6.45) is 6.85. The van der Waals surface area contributed by atoms with Crippen LogP contribution in [0.4, 0.5) is 0 Å². The summed E-state index contributed by atoms with van der Waals surface area (Å²) in [6.45, 7) is 0. The molecule has 6 rings (SSSR count). The predicted molar refractivity (Wildman–Crippen MR) is 61.1 cm³/mol. The van der Waals surface area contributed by atoms with E-state index in [2.05, 4.69) is 0 Å². The molecule has 0 radical (unpaired) electrons. The molecule has 92 valence electrons. The van der Waals surface area contributed by atoms with Crippen molar-refractivity contribution in [3.8, 4) is 0 Å². The molecule has 0 aromatic carbocycles. The smallest absolute Gasteiger partial charge is 0.0875 e. The van der Waals surface area contributed by atoms with E-state index in [1.807, 2.05) is 0 Å². The second-order valence-electron chi connectivity index (χ2n) is 7.81. The van der Waals surface area contributed by atoms with E-state index in [-0.39, 0.29) is 6.10 Å². The number of fused-ring (bicyclic) bond motifs is 14. The van der Waals surface area contributed by atoms with Gasteiger partial charge in [-0.15, -0.1) is 0 Å². The second-order valence-corrected chi connectivity index (χ2v) is 7.81. The van der Waals surface area contributed by atoms with Crippen molar-refractivity contribution < 1.29 is 9.84 Å². The maximum Gasteiger partial charge on any atom is 0.0875 e. The van der Waals surface area contributed by atoms with Gasteiger partial charge in [-0.25, -0.2) is 0 Å². The van der Waals surface area contributed by atoms with Gasteiger partial charge in [0.15, 0.2) is 0 Å². The van der Waals surface area contributed by atoms with Crippen LogP contribution in [0.1, 0.15) is 25.7 Å². The molecule has 6 aliphatic rings. The lowest BCUT2D eigenvalue weighted by atomic mass is 9.72. The fourth-order valence-electron chi connectivity index (χ4n) is 7.45. The van der Waals surface area contributed by atoms with Crippen LogP contribution >= 0.6 is 0 Å². The topological polar surface area (TPSA) is 32.8 Å². The molecular formula is C15H20O2. The maximum atomic E-state index is 10.1. The zero-order valence-electron chi connectivity index (χ0n) is 10.0. The van der Waals surface area contributed by atoms with Gasteiger partial charge >= 0.3 is 0 Å². The molecule has 1 heterocycles. The predicted octanol–water partition coefficient (Wildman–Crippen LogP) is 1.67. The summed E-state index contributed by atoms with van der Waals surface area (Å²) in [5.74, 6) is 7.33. The SMILES string of the molecule is OC1C[C@H]2CC1C1CC3C4CC(C5OC45)C3C12. The van der Waals surface area contributed by atoms with Gasteiger partial charge in [-0.3, -0.25) is 0 Å². The highest BCUT2D eigenvalue weighted by Crippen LogP contribution is 2.73. The number of hydrogen-bond donors (Lipinski definition) is 1. The Labute approximate surface area is 102 Å². The molecule has 17 heavy (non-hydrogen) atoms. The van der Waals surface area contributed by atoms with Gasteiger partial charge in [0.05, 0.1) is 18.3 Å². The lowest BCUT2D eigenvalue weighted by Gasteiger charge is -2.33. The first-order chi connectivity index (χ1) is 8.33. The van der Waals surface area contributed by atoms with Gasteiger partial charge in [0.2, 0.25) is 0 Å². The molecule has 0 aromatic rings. The molecule has 5 saturated carbocycles. The normalized spacial score (nSPS) is 77.1. The minimum Gasteiger partial charge on any atom is -0.393 e. The summed E-state index contributed by atoms with van der Waals surface area (Å²) in [7, 11) is 0. The Kier molecular flexibility index (Phi) is 1.29. The minimum absolute atomic E-state index is 0.0588. The highest BCUT2D eigenvalue weighted by atomic mass is 16.6. The Hall–Kier alpha value is -0.0800. The van der Waals surface area contributed by atoms with Crippen LogP contribution in [0.25, 0.3) is 0 Å². The maximum absolute atomic E-state index is 10.1. The summed E-state index contributed by atoms with van der Waals surface area (Å²) in [6, 6.07) is 0. The van der Waals surface area contributed by atoms with Gasteiger partial charge in [-0.1, -0.05) is 0 Å². The molecule has 1 N–H and O–H groups in total. The first-order valence-electron chi connectivity index (χ1n) is 7.66. The van der Waals surface area contributed by atoms with Crippen molar-refractivity contribution in [1.82, 2.24) is 0 Å². The van der Waals surface area contributed by atoms with Crippen LogP contribution in [-0.2, 0) is 4.74 Å². The van der Waals surface area contributed by atoms with E-state index in [0.29, 0.717) is 18.1 Å². The number of aliphatic hydroxyl groups excluding tert-OH is 1. The Balaban J connectivity index is 1.43. The van der Waals surface area contributed by atoms with Crippen LogP contribution in [0.15, 0.2) is 0 Å². The summed E-state index contributed by atoms with van der Waals surface area (Å²) in [4.78, 5) is 0. The largest absolute Gasteiger partial charge is 0.393 e. The molecule has 4 bridgehead atoms. The van der Waals surface area contributed by atoms with E-state index in [0.717, 1.165) is 47.8 Å². The van der Waals surface area contributed by atoms with Crippen molar-refractivity contribution in [2.75, 3.05) is 0 Å². The first-order valence-corrected chi connectivity index (χ1v) is 7.66. The molecule has 0 amide bonds. The van der Waals surface area contributed by atoms with Crippen molar-refractivity contribution in [2.45, 2.75) is 44.0 Å². The van der Waals surface area contributed by atoms with E-state index in [4.69, 9.17) is 4.74 Å². The fourth-order valence-corrected chi connectivity index (χ4v) is 7.45. The number of aliphatic hydroxyl groups is 1. The van der Waals surface area contributed by atoms with Crippen LogP contribution in [0.2, 0.25) is 0 Å². The molecule has 5 aliphatic carbocycles. The van der Waals surface area contributed by atoms with Crippen LogP contribution in [0.5, 0.6) is 0 Å². The van der Waals surface area contributed by atoms with Crippen LogP contribution in [0.3, 0.4) is 0 Å². The van der Waals surface area contributed by atoms with Crippen molar-refractivity contribution in [3.63, 3.8) is 0 Å². The summed E-state index contributed by atoms with van der Waals surface area (Å²) >= 11 is 0. The first kappa shape index (κ1) is 8.92. The lowest BCUT2D eigenvalue weighted by Crippen LogP contribution is -2.33. The zero-order valence-corrected chi connectivity index (χ0v) is 10.0. The second kappa shape index (κ2) is 2.46. The van der Waals surface area contributed by atoms with E-state index < -0.39 is 0 Å². The Morgan fingerprint density at radius 2 is 1.47 bits per heavy atom. The Bertz CT molecular complexity index is 404. The Morgan fingerprint density at radius 1 is 0.706 bits per heavy atom. The third-order valence-electron chi connectivity index (χ3n) is 7.68. The van der Waals surface area contributed by atoms with Crippen LogP contribution in [0, 0.1) is 47.3 Å². The average Bonchev–Trinajstić information content (AvgIpc) is 2.72. The monoisotopic (exact) mass is 232 g/mol. The lowest BCUT2D eigenvalue weighted by molar-refractivity contribution is 0.0466. The van der Waals surface area contributed by atoms with Gasteiger partial charge in [0, 0.05) is 0 Å². The summed E-state index contributed by atoms with van der Waals surface area (Å²) in [5, 5.41) is 10.1. The van der Waals surface area contributed by atoms with Crippen LogP contribution < -0.4 is 0 Å². The minimum atomic E-state index is 0.0588. The van der Waals surface area contributed by atoms with E-state index in [1.165, 1.54) is 19.3 Å². The molecule has 10 unspecified atom stereocenters. The molecule has 1 saturated heterocycles. The Morgan fingerprint density at radius 3 is 2.41 bits per heavy atom. The van der Waals surface area contributed by atoms with Crippen molar-refractivity contribution in [1.29, 1.82) is 0 Å². The highest BCUT2D eigenvalue weighted by molar-refractivity contribution is 5.21. The molecule has 6 fully saturated rings. The molecule has 0 aromatic heterocycles. The molecule has 1 aliphatic heterocycles. The van der Waals surface area contributed by atoms with Crippen molar-refractivity contribution in [2.24, 2.45) is 47.3 Å². The third kappa shape index (κ3) is 0.805. The van der Waals surface area contributed by atoms with E-state index in [9.17, 15) is 5.11 Å². The summed E-state index contributed by atoms with van der Waals surface area (Å²) < 4.78 is 5.88. The van der Waals surface area contributed by atoms with Crippen molar-refractivity contribution >= 4 is 0 Å². The molecule has 2 nitrogen and oxygen atoms in total. The van der Waals surface area contributed by atoms with Gasteiger partial charge in [0.25, 0.3) is 0 Å².